The first kappa shape index (κ1) is 36.0. The molecule has 2 aromatic rings. The predicted octanol–water partition coefficient (Wildman–Crippen LogP) is 10.8. The van der Waals surface area contributed by atoms with E-state index in [-0.39, 0.29) is 22.9 Å². The van der Waals surface area contributed by atoms with Crippen LogP contribution in [0.2, 0.25) is 0 Å². The van der Waals surface area contributed by atoms with Crippen molar-refractivity contribution in [3.05, 3.63) is 53.6 Å². The molecule has 5 nitrogen and oxygen atoms in total. The average Bonchev–Trinajstić information content (AvgIpc) is 3.44. The maximum absolute atomic E-state index is 13.4. The number of fused-ring (bicyclic) bond motifs is 6. The molecule has 4 fully saturated rings. The van der Waals surface area contributed by atoms with Crippen molar-refractivity contribution in [1.29, 1.82) is 0 Å². The first-order chi connectivity index (χ1) is 24.0. The fourth-order valence-electron chi connectivity index (χ4n) is 11.5. The molecule has 274 valence electrons. The minimum absolute atomic E-state index is 0.0390. The molecule has 1 heterocycles. The molecule has 3 saturated carbocycles. The number of rotatable bonds is 13. The summed E-state index contributed by atoms with van der Waals surface area (Å²) in [5, 5.41) is 2.06. The van der Waals surface area contributed by atoms with Gasteiger partial charge in [0.1, 0.15) is 18.5 Å². The number of carbonyl (C=O) groups excluding carboxylic acids is 1. The normalized spacial score (nSPS) is 33.5. The van der Waals surface area contributed by atoms with Crippen LogP contribution in [0.5, 0.6) is 5.75 Å². The number of hydrogen-bond acceptors (Lipinski definition) is 5. The Morgan fingerprint density at radius 3 is 2.48 bits per heavy atom. The second-order valence-corrected chi connectivity index (χ2v) is 18.5. The summed E-state index contributed by atoms with van der Waals surface area (Å²) in [4.78, 5) is 13.4. The van der Waals surface area contributed by atoms with Crippen molar-refractivity contribution in [2.45, 2.75) is 118 Å². The van der Waals surface area contributed by atoms with Crippen molar-refractivity contribution in [3.8, 4) is 5.75 Å². The van der Waals surface area contributed by atoms with Crippen LogP contribution >= 0.6 is 0 Å². The van der Waals surface area contributed by atoms with Gasteiger partial charge in [-0.1, -0.05) is 84.6 Å². The first-order valence-electron chi connectivity index (χ1n) is 20.2. The van der Waals surface area contributed by atoms with Crippen LogP contribution in [0.15, 0.2) is 48.0 Å². The summed E-state index contributed by atoms with van der Waals surface area (Å²) in [6.07, 6.45) is 16.6. The Morgan fingerprint density at radius 2 is 1.70 bits per heavy atom. The highest BCUT2D eigenvalue weighted by Gasteiger charge is 2.59. The number of allylic oxidation sites excluding steroid dienone is 1. The van der Waals surface area contributed by atoms with E-state index in [9.17, 15) is 4.79 Å². The standard InChI is InChI=1S/C45H64O5/c1-30(2)8-7-9-31(3)39-16-17-40-38-15-13-35-26-37(18-20-44(35,5)41(38)19-21-45(39,40)6)50-42(46)34-11-10-33-25-36(14-12-32(33)24-34)49-23-22-47-27-43(4)28-48-29-43/h10-14,24-25,30-31,37-41H,7-9,15-23,26-29H2,1-6H3. The van der Waals surface area contributed by atoms with Gasteiger partial charge in [0.15, 0.2) is 0 Å². The molecule has 0 radical (unpaired) electrons. The zero-order valence-corrected chi connectivity index (χ0v) is 31.9. The predicted molar refractivity (Wildman–Crippen MR) is 201 cm³/mol. The Bertz CT molecular complexity index is 1540. The molecule has 4 aliphatic carbocycles. The second kappa shape index (κ2) is 14.6. The van der Waals surface area contributed by atoms with E-state index in [2.05, 4.69) is 47.6 Å². The smallest absolute Gasteiger partial charge is 0.338 e. The Labute approximate surface area is 302 Å². The van der Waals surface area contributed by atoms with Gasteiger partial charge in [-0.3, -0.25) is 0 Å². The molecule has 7 rings (SSSR count). The number of esters is 1. The quantitative estimate of drug-likeness (QED) is 0.119. The molecule has 8 atom stereocenters. The van der Waals surface area contributed by atoms with E-state index in [1.54, 1.807) is 5.57 Å². The summed E-state index contributed by atoms with van der Waals surface area (Å²) in [6, 6.07) is 11.9. The van der Waals surface area contributed by atoms with Gasteiger partial charge in [-0.15, -0.1) is 0 Å². The number of carbonyl (C=O) groups is 1. The molecule has 0 N–H and O–H groups in total. The Hall–Kier alpha value is -2.37. The van der Waals surface area contributed by atoms with Crippen LogP contribution in [-0.4, -0.2) is 45.1 Å². The third-order valence-corrected chi connectivity index (χ3v) is 14.4. The van der Waals surface area contributed by atoms with Crippen LogP contribution in [-0.2, 0) is 14.2 Å². The van der Waals surface area contributed by atoms with Gasteiger partial charge in [-0.25, -0.2) is 4.79 Å². The molecule has 8 unspecified atom stereocenters. The van der Waals surface area contributed by atoms with Gasteiger partial charge in [-0.05, 0) is 126 Å². The van der Waals surface area contributed by atoms with E-state index in [4.69, 9.17) is 18.9 Å². The summed E-state index contributed by atoms with van der Waals surface area (Å²) >= 11 is 0. The average molecular weight is 685 g/mol. The van der Waals surface area contributed by atoms with Crippen molar-refractivity contribution in [2.75, 3.05) is 33.0 Å². The molecule has 0 aromatic heterocycles. The van der Waals surface area contributed by atoms with Gasteiger partial charge in [0.05, 0.1) is 32.0 Å². The monoisotopic (exact) mass is 684 g/mol. The van der Waals surface area contributed by atoms with Crippen LogP contribution in [0.25, 0.3) is 10.8 Å². The highest BCUT2D eigenvalue weighted by atomic mass is 16.5. The highest BCUT2D eigenvalue weighted by molar-refractivity contribution is 5.95. The van der Waals surface area contributed by atoms with Crippen LogP contribution in [0, 0.1) is 51.8 Å². The second-order valence-electron chi connectivity index (χ2n) is 18.5. The molecule has 0 bridgehead atoms. The zero-order valence-electron chi connectivity index (χ0n) is 31.9. The summed E-state index contributed by atoms with van der Waals surface area (Å²) < 4.78 is 23.3. The maximum atomic E-state index is 13.4. The van der Waals surface area contributed by atoms with Crippen LogP contribution in [0.4, 0.5) is 0 Å². The van der Waals surface area contributed by atoms with E-state index in [1.807, 2.05) is 36.4 Å². The van der Waals surface area contributed by atoms with Crippen molar-refractivity contribution in [1.82, 2.24) is 0 Å². The van der Waals surface area contributed by atoms with Crippen molar-refractivity contribution in [2.24, 2.45) is 51.8 Å². The maximum Gasteiger partial charge on any atom is 0.338 e. The molecule has 1 saturated heterocycles. The van der Waals surface area contributed by atoms with E-state index in [1.165, 1.54) is 51.4 Å². The fourth-order valence-corrected chi connectivity index (χ4v) is 11.5. The third kappa shape index (κ3) is 7.16. The van der Waals surface area contributed by atoms with Crippen molar-refractivity contribution >= 4 is 16.7 Å². The minimum Gasteiger partial charge on any atom is -0.491 e. The minimum atomic E-state index is -0.203. The van der Waals surface area contributed by atoms with E-state index >= 15 is 0 Å². The Morgan fingerprint density at radius 1 is 0.900 bits per heavy atom. The Balaban J connectivity index is 0.928. The summed E-state index contributed by atoms with van der Waals surface area (Å²) in [6.45, 7) is 18.0. The molecule has 0 spiro atoms. The molecular weight excluding hydrogens is 620 g/mol. The summed E-state index contributed by atoms with van der Waals surface area (Å²) in [5.41, 5.74) is 3.12. The fraction of sp³-hybridized carbons (Fsp3) is 0.711. The van der Waals surface area contributed by atoms with Gasteiger partial charge >= 0.3 is 5.97 Å². The molecule has 0 amide bonds. The lowest BCUT2D eigenvalue weighted by Crippen LogP contribution is -2.51. The number of ether oxygens (including phenoxy) is 4. The van der Waals surface area contributed by atoms with E-state index < -0.39 is 0 Å². The van der Waals surface area contributed by atoms with Gasteiger partial charge in [-0.2, -0.15) is 0 Å². The Kier molecular flexibility index (Phi) is 10.5. The lowest BCUT2D eigenvalue weighted by atomic mass is 9.47. The number of hydrogen-bond donors (Lipinski definition) is 0. The van der Waals surface area contributed by atoms with Gasteiger partial charge in [0.2, 0.25) is 0 Å². The number of benzene rings is 2. The highest BCUT2D eigenvalue weighted by Crippen LogP contribution is 2.67. The van der Waals surface area contributed by atoms with Crippen LogP contribution < -0.4 is 4.74 Å². The van der Waals surface area contributed by atoms with Gasteiger partial charge < -0.3 is 18.9 Å². The molecule has 5 aliphatic rings. The van der Waals surface area contributed by atoms with Gasteiger partial charge in [0.25, 0.3) is 0 Å². The van der Waals surface area contributed by atoms with Crippen molar-refractivity contribution < 1.29 is 23.7 Å². The van der Waals surface area contributed by atoms with Gasteiger partial charge in [0, 0.05) is 11.8 Å². The lowest BCUT2D eigenvalue weighted by Gasteiger charge is -2.58. The van der Waals surface area contributed by atoms with Crippen LogP contribution in [0.1, 0.15) is 123 Å². The van der Waals surface area contributed by atoms with Crippen LogP contribution in [0.3, 0.4) is 0 Å². The summed E-state index contributed by atoms with van der Waals surface area (Å²) in [7, 11) is 0. The van der Waals surface area contributed by atoms with Crippen molar-refractivity contribution in [3.63, 3.8) is 0 Å². The zero-order chi connectivity index (χ0) is 35.1. The first-order valence-corrected chi connectivity index (χ1v) is 20.2. The van der Waals surface area contributed by atoms with E-state index in [0.29, 0.717) is 30.8 Å². The summed E-state index contributed by atoms with van der Waals surface area (Å²) in [5.74, 6) is 5.64. The largest absolute Gasteiger partial charge is 0.491 e. The molecule has 50 heavy (non-hydrogen) atoms. The topological polar surface area (TPSA) is 54.0 Å². The molecule has 1 aliphatic heterocycles. The lowest BCUT2D eigenvalue weighted by molar-refractivity contribution is -0.139. The molecule has 2 aromatic carbocycles. The molecular formula is C45H64O5. The third-order valence-electron chi connectivity index (χ3n) is 14.4. The SMILES string of the molecule is CC(C)CCCC(C)C1CCC2C3CC=C4CC(OC(=O)c5ccc6cc(OCCOCC7(C)COC7)ccc6c5)CCC4(C)C3CCC12C. The molecule has 5 heteroatoms. The van der Waals surface area contributed by atoms with E-state index in [0.717, 1.165) is 84.5 Å².